The molecular formula is C25H31NO4. The van der Waals surface area contributed by atoms with Crippen molar-refractivity contribution in [1.82, 2.24) is 5.32 Å². The predicted octanol–water partition coefficient (Wildman–Crippen LogP) is 4.90. The molecule has 1 amide bonds. The molecule has 1 fully saturated rings. The molecule has 5 nitrogen and oxygen atoms in total. The van der Waals surface area contributed by atoms with Crippen LogP contribution in [0.5, 0.6) is 0 Å². The summed E-state index contributed by atoms with van der Waals surface area (Å²) in [6.45, 7) is 1.42. The van der Waals surface area contributed by atoms with Crippen LogP contribution in [0.1, 0.15) is 43.2 Å². The molecule has 1 N–H and O–H groups in total. The van der Waals surface area contributed by atoms with E-state index in [4.69, 9.17) is 9.47 Å². The third kappa shape index (κ3) is 7.90. The van der Waals surface area contributed by atoms with E-state index in [1.54, 1.807) is 0 Å². The van der Waals surface area contributed by atoms with Crippen LogP contribution in [0.3, 0.4) is 0 Å². The summed E-state index contributed by atoms with van der Waals surface area (Å²) in [6, 6.07) is 19.8. The molecule has 3 rings (SSSR count). The fourth-order valence-corrected chi connectivity index (χ4v) is 3.75. The van der Waals surface area contributed by atoms with Crippen LogP contribution in [-0.2, 0) is 27.2 Å². The standard InChI is InChI=1S/C25H31NO4/c27-24(16-15-20-7-3-1-4-8-20)29-18-22-11-13-23(14-12-22)19-30-25(28)26-17-21-9-5-2-6-10-21/h1-10,22-23H,11-19H2,(H,26,28). The van der Waals surface area contributed by atoms with Crippen LogP contribution in [-0.4, -0.2) is 25.3 Å². The Bertz CT molecular complexity index is 703. The Morgan fingerprint density at radius 3 is 1.90 bits per heavy atom. The normalized spacial score (nSPS) is 18.4. The topological polar surface area (TPSA) is 64.6 Å². The summed E-state index contributed by atoms with van der Waals surface area (Å²) in [6.07, 6.45) is 4.78. The van der Waals surface area contributed by atoms with Crippen molar-refractivity contribution in [2.24, 2.45) is 11.8 Å². The molecule has 0 aromatic heterocycles. The number of hydrogen-bond donors (Lipinski definition) is 1. The number of alkyl carbamates (subject to hydrolysis) is 1. The van der Waals surface area contributed by atoms with Crippen molar-refractivity contribution in [3.8, 4) is 0 Å². The van der Waals surface area contributed by atoms with E-state index in [9.17, 15) is 9.59 Å². The number of nitrogens with one attached hydrogen (secondary N) is 1. The zero-order valence-electron chi connectivity index (χ0n) is 17.4. The van der Waals surface area contributed by atoms with Crippen LogP contribution in [0.15, 0.2) is 60.7 Å². The first-order valence-electron chi connectivity index (χ1n) is 10.8. The maximum Gasteiger partial charge on any atom is 0.407 e. The van der Waals surface area contributed by atoms with Gasteiger partial charge in [0.25, 0.3) is 0 Å². The highest BCUT2D eigenvalue weighted by molar-refractivity contribution is 5.69. The molecule has 0 saturated heterocycles. The molecule has 5 heteroatoms. The van der Waals surface area contributed by atoms with Crippen molar-refractivity contribution in [1.29, 1.82) is 0 Å². The monoisotopic (exact) mass is 409 g/mol. The molecule has 0 unspecified atom stereocenters. The van der Waals surface area contributed by atoms with Gasteiger partial charge in [0.1, 0.15) is 0 Å². The summed E-state index contributed by atoms with van der Waals surface area (Å²) in [5, 5.41) is 2.79. The predicted molar refractivity (Wildman–Crippen MR) is 116 cm³/mol. The minimum Gasteiger partial charge on any atom is -0.465 e. The van der Waals surface area contributed by atoms with Crippen LogP contribution in [0.2, 0.25) is 0 Å². The fourth-order valence-electron chi connectivity index (χ4n) is 3.75. The van der Waals surface area contributed by atoms with Crippen LogP contribution in [0, 0.1) is 11.8 Å². The second-order valence-corrected chi connectivity index (χ2v) is 7.99. The maximum absolute atomic E-state index is 12.0. The molecule has 1 saturated carbocycles. The molecule has 0 bridgehead atoms. The van der Waals surface area contributed by atoms with E-state index in [1.807, 2.05) is 60.7 Å². The van der Waals surface area contributed by atoms with Gasteiger partial charge >= 0.3 is 12.1 Å². The van der Waals surface area contributed by atoms with Gasteiger partial charge < -0.3 is 14.8 Å². The zero-order valence-corrected chi connectivity index (χ0v) is 17.4. The Labute approximate surface area is 178 Å². The molecule has 0 aliphatic heterocycles. The van der Waals surface area contributed by atoms with Crippen molar-refractivity contribution in [3.05, 3.63) is 71.8 Å². The fraction of sp³-hybridized carbons (Fsp3) is 0.440. The number of hydrogen-bond acceptors (Lipinski definition) is 4. The van der Waals surface area contributed by atoms with Crippen molar-refractivity contribution in [3.63, 3.8) is 0 Å². The highest BCUT2D eigenvalue weighted by Crippen LogP contribution is 2.29. The molecular weight excluding hydrogens is 378 g/mol. The van der Waals surface area contributed by atoms with Gasteiger partial charge in [-0.1, -0.05) is 60.7 Å². The van der Waals surface area contributed by atoms with E-state index in [2.05, 4.69) is 5.32 Å². The number of ether oxygens (including phenoxy) is 2. The lowest BCUT2D eigenvalue weighted by atomic mass is 9.83. The Morgan fingerprint density at radius 2 is 1.30 bits per heavy atom. The van der Waals surface area contributed by atoms with Gasteiger partial charge in [0.05, 0.1) is 13.2 Å². The summed E-state index contributed by atoms with van der Waals surface area (Å²) >= 11 is 0. The smallest absolute Gasteiger partial charge is 0.407 e. The third-order valence-electron chi connectivity index (χ3n) is 5.64. The summed E-state index contributed by atoms with van der Waals surface area (Å²) in [5.41, 5.74) is 2.20. The number of aryl methyl sites for hydroxylation is 1. The van der Waals surface area contributed by atoms with Crippen LogP contribution in [0.4, 0.5) is 4.79 Å². The summed E-state index contributed by atoms with van der Waals surface area (Å²) in [5.74, 6) is 0.672. The highest BCUT2D eigenvalue weighted by Gasteiger charge is 2.23. The number of esters is 1. The number of carbonyl (C=O) groups excluding carboxylic acids is 2. The van der Waals surface area contributed by atoms with E-state index in [-0.39, 0.29) is 12.1 Å². The first-order valence-corrected chi connectivity index (χ1v) is 10.8. The van der Waals surface area contributed by atoms with Gasteiger partial charge in [0, 0.05) is 13.0 Å². The lowest BCUT2D eigenvalue weighted by Gasteiger charge is -2.27. The highest BCUT2D eigenvalue weighted by atomic mass is 16.5. The van der Waals surface area contributed by atoms with Crippen LogP contribution in [0.25, 0.3) is 0 Å². The molecule has 2 aromatic carbocycles. The van der Waals surface area contributed by atoms with E-state index in [1.165, 1.54) is 0 Å². The minimum absolute atomic E-state index is 0.126. The van der Waals surface area contributed by atoms with Gasteiger partial charge in [-0.25, -0.2) is 4.79 Å². The molecule has 0 atom stereocenters. The first-order chi connectivity index (χ1) is 14.7. The lowest BCUT2D eigenvalue weighted by molar-refractivity contribution is -0.145. The van der Waals surface area contributed by atoms with E-state index >= 15 is 0 Å². The van der Waals surface area contributed by atoms with E-state index < -0.39 is 0 Å². The van der Waals surface area contributed by atoms with Gasteiger partial charge in [0.15, 0.2) is 0 Å². The molecule has 0 heterocycles. The number of amides is 1. The second kappa shape index (κ2) is 12.0. The summed E-state index contributed by atoms with van der Waals surface area (Å²) < 4.78 is 10.9. The molecule has 1 aliphatic carbocycles. The summed E-state index contributed by atoms with van der Waals surface area (Å²) in [4.78, 5) is 23.9. The molecule has 1 aliphatic rings. The van der Waals surface area contributed by atoms with Gasteiger partial charge in [-0.15, -0.1) is 0 Å². The Morgan fingerprint density at radius 1 is 0.767 bits per heavy atom. The van der Waals surface area contributed by atoms with Crippen LogP contribution >= 0.6 is 0 Å². The SMILES string of the molecule is O=C(CCc1ccccc1)OCC1CCC(COC(=O)NCc2ccccc2)CC1. The maximum atomic E-state index is 12.0. The van der Waals surface area contributed by atoms with Gasteiger partial charge in [-0.3, -0.25) is 4.79 Å². The largest absolute Gasteiger partial charge is 0.465 e. The number of benzene rings is 2. The van der Waals surface area contributed by atoms with Crippen molar-refractivity contribution < 1.29 is 19.1 Å². The molecule has 0 spiro atoms. The first kappa shape index (κ1) is 21.9. The second-order valence-electron chi connectivity index (χ2n) is 7.99. The van der Waals surface area contributed by atoms with Gasteiger partial charge in [-0.05, 0) is 55.1 Å². The quantitative estimate of drug-likeness (QED) is 0.599. The average molecular weight is 410 g/mol. The van der Waals surface area contributed by atoms with Crippen molar-refractivity contribution in [2.75, 3.05) is 13.2 Å². The molecule has 160 valence electrons. The molecule has 0 radical (unpaired) electrons. The molecule has 2 aromatic rings. The minimum atomic E-state index is -0.367. The number of rotatable bonds is 9. The Balaban J connectivity index is 1.24. The van der Waals surface area contributed by atoms with E-state index in [0.717, 1.165) is 43.2 Å². The van der Waals surface area contributed by atoms with Crippen molar-refractivity contribution in [2.45, 2.75) is 45.1 Å². The average Bonchev–Trinajstić information content (AvgIpc) is 2.80. The summed E-state index contributed by atoms with van der Waals surface area (Å²) in [7, 11) is 0. The Kier molecular flexibility index (Phi) is 8.76. The van der Waals surface area contributed by atoms with Gasteiger partial charge in [-0.2, -0.15) is 0 Å². The lowest BCUT2D eigenvalue weighted by Crippen LogP contribution is -2.28. The third-order valence-corrected chi connectivity index (χ3v) is 5.64. The number of carbonyl (C=O) groups is 2. The zero-order chi connectivity index (χ0) is 21.0. The van der Waals surface area contributed by atoms with E-state index in [0.29, 0.717) is 38.0 Å². The molecule has 30 heavy (non-hydrogen) atoms. The Hall–Kier alpha value is -2.82. The van der Waals surface area contributed by atoms with Gasteiger partial charge in [0.2, 0.25) is 0 Å². The van der Waals surface area contributed by atoms with Crippen LogP contribution < -0.4 is 5.32 Å². The van der Waals surface area contributed by atoms with Crippen molar-refractivity contribution >= 4 is 12.1 Å².